The fraction of sp³-hybridized carbons (Fsp3) is 0.471. The van der Waals surface area contributed by atoms with Gasteiger partial charge in [0.2, 0.25) is 0 Å². The average Bonchev–Trinajstić information content (AvgIpc) is 2.95. The summed E-state index contributed by atoms with van der Waals surface area (Å²) in [5.74, 6) is 1.78. The monoisotopic (exact) mass is 303 g/mol. The van der Waals surface area contributed by atoms with E-state index in [1.54, 1.807) is 0 Å². The van der Waals surface area contributed by atoms with Crippen molar-refractivity contribution in [2.75, 3.05) is 26.2 Å². The van der Waals surface area contributed by atoms with E-state index in [1.165, 1.54) is 43.5 Å². The first-order chi connectivity index (χ1) is 9.88. The van der Waals surface area contributed by atoms with Crippen LogP contribution in [0.4, 0.5) is 0 Å². The number of nitrogens with one attached hydrogen (secondary N) is 1. The van der Waals surface area contributed by atoms with Crippen molar-refractivity contribution in [2.24, 2.45) is 11.8 Å². The van der Waals surface area contributed by atoms with Crippen LogP contribution in [0, 0.1) is 11.8 Å². The smallest absolute Gasteiger partial charge is 0.0702 e. The Bertz CT molecular complexity index is 616. The molecule has 3 heterocycles. The second-order valence-electron chi connectivity index (χ2n) is 6.24. The van der Waals surface area contributed by atoms with Gasteiger partial charge in [-0.1, -0.05) is 18.2 Å². The van der Waals surface area contributed by atoms with Crippen LogP contribution in [0.3, 0.4) is 0 Å². The third kappa shape index (κ3) is 3.05. The molecule has 2 saturated heterocycles. The Morgan fingerprint density at radius 3 is 3.00 bits per heavy atom. The number of hydrogen-bond acceptors (Lipinski definition) is 3. The molecule has 2 aliphatic rings. The van der Waals surface area contributed by atoms with Crippen LogP contribution in [0.1, 0.15) is 12.0 Å². The molecule has 1 aromatic heterocycles. The van der Waals surface area contributed by atoms with E-state index in [1.807, 2.05) is 12.3 Å². The maximum atomic E-state index is 4.57. The molecule has 2 aromatic rings. The number of benzene rings is 1. The van der Waals surface area contributed by atoms with E-state index >= 15 is 0 Å². The maximum absolute atomic E-state index is 4.57. The van der Waals surface area contributed by atoms with Crippen molar-refractivity contribution in [1.29, 1.82) is 0 Å². The number of para-hydroxylation sites is 1. The van der Waals surface area contributed by atoms with E-state index in [4.69, 9.17) is 0 Å². The average molecular weight is 304 g/mol. The molecule has 3 nitrogen and oxygen atoms in total. The molecule has 0 radical (unpaired) electrons. The summed E-state index contributed by atoms with van der Waals surface area (Å²) in [7, 11) is 0. The van der Waals surface area contributed by atoms with Gasteiger partial charge in [-0.05, 0) is 55.6 Å². The second-order valence-corrected chi connectivity index (χ2v) is 6.24. The van der Waals surface area contributed by atoms with Crippen LogP contribution in [-0.2, 0) is 6.54 Å². The molecule has 1 aromatic carbocycles. The van der Waals surface area contributed by atoms with Crippen molar-refractivity contribution in [2.45, 2.75) is 13.0 Å². The third-order valence-corrected chi connectivity index (χ3v) is 4.84. The zero-order chi connectivity index (χ0) is 13.4. The van der Waals surface area contributed by atoms with Crippen molar-refractivity contribution in [1.82, 2.24) is 15.2 Å². The van der Waals surface area contributed by atoms with Gasteiger partial charge in [0.15, 0.2) is 0 Å². The fourth-order valence-electron chi connectivity index (χ4n) is 3.72. The first-order valence-electron chi connectivity index (χ1n) is 7.65. The molecule has 0 aliphatic carbocycles. The Labute approximate surface area is 132 Å². The van der Waals surface area contributed by atoms with Gasteiger partial charge in [-0.15, -0.1) is 12.4 Å². The topological polar surface area (TPSA) is 28.2 Å². The minimum absolute atomic E-state index is 0. The molecular formula is C17H22ClN3. The molecule has 1 N–H and O–H groups in total. The molecule has 2 aliphatic heterocycles. The van der Waals surface area contributed by atoms with E-state index in [2.05, 4.69) is 39.5 Å². The Morgan fingerprint density at radius 1 is 1.19 bits per heavy atom. The molecule has 2 unspecified atom stereocenters. The van der Waals surface area contributed by atoms with Crippen LogP contribution in [-0.4, -0.2) is 36.1 Å². The summed E-state index contributed by atoms with van der Waals surface area (Å²) in [6.45, 7) is 5.95. The van der Waals surface area contributed by atoms with Crippen molar-refractivity contribution in [3.05, 3.63) is 42.1 Å². The van der Waals surface area contributed by atoms with Gasteiger partial charge in [0.25, 0.3) is 0 Å². The summed E-state index contributed by atoms with van der Waals surface area (Å²) in [6.07, 6.45) is 3.39. The van der Waals surface area contributed by atoms with E-state index < -0.39 is 0 Å². The quantitative estimate of drug-likeness (QED) is 0.924. The lowest BCUT2D eigenvalue weighted by Crippen LogP contribution is -2.39. The summed E-state index contributed by atoms with van der Waals surface area (Å²) < 4.78 is 0. The predicted molar refractivity (Wildman–Crippen MR) is 88.7 cm³/mol. The second kappa shape index (κ2) is 6.30. The molecule has 4 rings (SSSR count). The Hall–Kier alpha value is -1.16. The van der Waals surface area contributed by atoms with Crippen LogP contribution in [0.2, 0.25) is 0 Å². The minimum Gasteiger partial charge on any atom is -0.316 e. The highest BCUT2D eigenvalue weighted by Gasteiger charge is 2.32. The van der Waals surface area contributed by atoms with Crippen molar-refractivity contribution >= 4 is 23.3 Å². The standard InChI is InChI=1S/C17H21N3.ClH/c1-2-4-17-14(3-1)7-13(8-19-17)11-20-6-5-15-9-18-10-16(15)12-20;/h1-4,7-8,15-16,18H,5-6,9-12H2;1H. The number of hydrogen-bond donors (Lipinski definition) is 1. The number of likely N-dealkylation sites (tertiary alicyclic amines) is 1. The van der Waals surface area contributed by atoms with E-state index in [-0.39, 0.29) is 12.4 Å². The molecule has 0 spiro atoms. The fourth-order valence-corrected chi connectivity index (χ4v) is 3.72. The number of rotatable bonds is 2. The first-order valence-corrected chi connectivity index (χ1v) is 7.65. The zero-order valence-electron chi connectivity index (χ0n) is 12.2. The number of fused-ring (bicyclic) bond motifs is 2. The van der Waals surface area contributed by atoms with Gasteiger partial charge in [-0.3, -0.25) is 9.88 Å². The van der Waals surface area contributed by atoms with Gasteiger partial charge in [-0.2, -0.15) is 0 Å². The lowest BCUT2D eigenvalue weighted by atomic mass is 9.88. The summed E-state index contributed by atoms with van der Waals surface area (Å²) in [6, 6.07) is 10.7. The predicted octanol–water partition coefficient (Wildman–Crippen LogP) is 2.70. The van der Waals surface area contributed by atoms with Crippen molar-refractivity contribution < 1.29 is 0 Å². The maximum Gasteiger partial charge on any atom is 0.0702 e. The number of nitrogens with zero attached hydrogens (tertiary/aromatic N) is 2. The SMILES string of the molecule is Cl.c1ccc2ncc(CN3CCC4CNCC4C3)cc2c1. The Balaban J connectivity index is 0.00000132. The first kappa shape index (κ1) is 14.8. The van der Waals surface area contributed by atoms with Gasteiger partial charge in [-0.25, -0.2) is 0 Å². The van der Waals surface area contributed by atoms with Gasteiger partial charge in [0.05, 0.1) is 5.52 Å². The van der Waals surface area contributed by atoms with E-state index in [9.17, 15) is 0 Å². The zero-order valence-corrected chi connectivity index (χ0v) is 13.0. The Kier molecular flexibility index (Phi) is 4.43. The van der Waals surface area contributed by atoms with Gasteiger partial charge >= 0.3 is 0 Å². The van der Waals surface area contributed by atoms with Crippen LogP contribution in [0.5, 0.6) is 0 Å². The van der Waals surface area contributed by atoms with Crippen LogP contribution in [0.15, 0.2) is 36.5 Å². The highest BCUT2D eigenvalue weighted by molar-refractivity contribution is 5.85. The van der Waals surface area contributed by atoms with Gasteiger partial charge in [0, 0.05) is 24.7 Å². The molecule has 2 fully saturated rings. The number of halogens is 1. The number of aromatic nitrogens is 1. The van der Waals surface area contributed by atoms with Gasteiger partial charge < -0.3 is 5.32 Å². The lowest BCUT2D eigenvalue weighted by Gasteiger charge is -2.34. The highest BCUT2D eigenvalue weighted by Crippen LogP contribution is 2.27. The highest BCUT2D eigenvalue weighted by atomic mass is 35.5. The summed E-state index contributed by atoms with van der Waals surface area (Å²) >= 11 is 0. The van der Waals surface area contributed by atoms with Crippen molar-refractivity contribution in [3.8, 4) is 0 Å². The van der Waals surface area contributed by atoms with Crippen molar-refractivity contribution in [3.63, 3.8) is 0 Å². The molecule has 21 heavy (non-hydrogen) atoms. The number of piperidine rings is 1. The summed E-state index contributed by atoms with van der Waals surface area (Å²) in [4.78, 5) is 7.17. The third-order valence-electron chi connectivity index (χ3n) is 4.84. The molecule has 112 valence electrons. The normalized spacial score (nSPS) is 25.5. The minimum atomic E-state index is 0. The molecule has 4 heteroatoms. The van der Waals surface area contributed by atoms with E-state index in [0.29, 0.717) is 0 Å². The Morgan fingerprint density at radius 2 is 2.05 bits per heavy atom. The largest absolute Gasteiger partial charge is 0.316 e. The summed E-state index contributed by atoms with van der Waals surface area (Å²) in [5.41, 5.74) is 2.43. The van der Waals surface area contributed by atoms with Crippen LogP contribution < -0.4 is 5.32 Å². The van der Waals surface area contributed by atoms with Crippen LogP contribution >= 0.6 is 12.4 Å². The number of pyridine rings is 1. The molecule has 0 saturated carbocycles. The van der Waals surface area contributed by atoms with E-state index in [0.717, 1.165) is 23.9 Å². The molecule has 0 amide bonds. The molecule has 0 bridgehead atoms. The van der Waals surface area contributed by atoms with Gasteiger partial charge in [0.1, 0.15) is 0 Å². The molecular weight excluding hydrogens is 282 g/mol. The molecule has 2 atom stereocenters. The summed E-state index contributed by atoms with van der Waals surface area (Å²) in [5, 5.41) is 4.79. The van der Waals surface area contributed by atoms with Crippen LogP contribution in [0.25, 0.3) is 10.9 Å². The lowest BCUT2D eigenvalue weighted by molar-refractivity contribution is 0.142.